The summed E-state index contributed by atoms with van der Waals surface area (Å²) in [5.74, 6) is 0.855. The van der Waals surface area contributed by atoms with Crippen molar-refractivity contribution in [3.8, 4) is 22.6 Å². The minimum atomic E-state index is -4.42. The molecule has 0 saturated heterocycles. The van der Waals surface area contributed by atoms with Gasteiger partial charge in [-0.2, -0.15) is 0 Å². The van der Waals surface area contributed by atoms with Crippen LogP contribution in [0.4, 0.5) is 0 Å². The van der Waals surface area contributed by atoms with Gasteiger partial charge in [0.15, 0.2) is 0 Å². The van der Waals surface area contributed by atoms with Crippen molar-refractivity contribution in [3.05, 3.63) is 46.5 Å². The van der Waals surface area contributed by atoms with Crippen molar-refractivity contribution in [2.75, 3.05) is 0 Å². The summed E-state index contributed by atoms with van der Waals surface area (Å²) < 4.78 is 23.0. The van der Waals surface area contributed by atoms with Crippen molar-refractivity contribution < 1.29 is 18.5 Å². The highest BCUT2D eigenvalue weighted by Gasteiger charge is 2.31. The molecule has 2 aliphatic carbocycles. The lowest BCUT2D eigenvalue weighted by molar-refractivity contribution is -0.208. The third-order valence-corrected chi connectivity index (χ3v) is 6.50. The standard InChI is InChI=1S/C20H21O4P/c21-25(22)23-17-11-9-13-5-1-3-7-15(13)19(17)20-16-8-4-2-6-14(16)10-12-18(20)24-25/h9-12H,1-8H2,(H,21,22)/p-1. The van der Waals surface area contributed by atoms with Crippen LogP contribution in [0.5, 0.6) is 11.5 Å². The molecular weight excluding hydrogens is 335 g/mol. The molecule has 0 aromatic heterocycles. The van der Waals surface area contributed by atoms with E-state index < -0.39 is 7.82 Å². The molecule has 0 spiro atoms. The SMILES string of the molecule is O=P1([O-])Oc2ccc3c(c2-c2c(ccc4c2CCCC4)O1)CCCC3. The van der Waals surface area contributed by atoms with Gasteiger partial charge in [0.25, 0.3) is 0 Å². The summed E-state index contributed by atoms with van der Waals surface area (Å²) in [7, 11) is -4.42. The lowest BCUT2D eigenvalue weighted by Gasteiger charge is -2.25. The Morgan fingerprint density at radius 1 is 0.720 bits per heavy atom. The van der Waals surface area contributed by atoms with Crippen LogP contribution in [-0.2, 0) is 30.2 Å². The average Bonchev–Trinajstić information content (AvgIpc) is 2.73. The van der Waals surface area contributed by atoms with Gasteiger partial charge in [-0.25, -0.2) is 4.57 Å². The first-order chi connectivity index (χ1) is 12.1. The number of hydrogen-bond donors (Lipinski definition) is 0. The molecule has 0 atom stereocenters. The largest absolute Gasteiger partial charge is 0.736 e. The van der Waals surface area contributed by atoms with Crippen molar-refractivity contribution in [2.24, 2.45) is 0 Å². The van der Waals surface area contributed by atoms with Crippen LogP contribution in [0.3, 0.4) is 0 Å². The van der Waals surface area contributed by atoms with Gasteiger partial charge in [-0.3, -0.25) is 0 Å². The maximum absolute atomic E-state index is 12.3. The van der Waals surface area contributed by atoms with Crippen LogP contribution < -0.4 is 13.9 Å². The monoisotopic (exact) mass is 355 g/mol. The summed E-state index contributed by atoms with van der Waals surface area (Å²) in [6.07, 6.45) is 8.65. The predicted molar refractivity (Wildman–Crippen MR) is 94.0 cm³/mol. The van der Waals surface area contributed by atoms with Crippen LogP contribution in [0.2, 0.25) is 0 Å². The maximum Gasteiger partial charge on any atom is 0.372 e. The van der Waals surface area contributed by atoms with E-state index in [1.54, 1.807) is 0 Å². The van der Waals surface area contributed by atoms with Crippen molar-refractivity contribution in [3.63, 3.8) is 0 Å². The Morgan fingerprint density at radius 2 is 1.16 bits per heavy atom. The molecule has 1 aliphatic heterocycles. The zero-order valence-corrected chi connectivity index (χ0v) is 14.9. The third kappa shape index (κ3) is 2.51. The lowest BCUT2D eigenvalue weighted by atomic mass is 9.80. The molecule has 0 fully saturated rings. The molecule has 2 aromatic carbocycles. The minimum absolute atomic E-state index is 0.428. The summed E-state index contributed by atoms with van der Waals surface area (Å²) in [6.45, 7) is 0. The molecule has 0 unspecified atom stereocenters. The first-order valence-electron chi connectivity index (χ1n) is 9.12. The van der Waals surface area contributed by atoms with Crippen LogP contribution in [-0.4, -0.2) is 0 Å². The molecule has 2 aromatic rings. The van der Waals surface area contributed by atoms with E-state index in [-0.39, 0.29) is 0 Å². The van der Waals surface area contributed by atoms with Crippen molar-refractivity contribution in [1.82, 2.24) is 0 Å². The van der Waals surface area contributed by atoms with E-state index in [2.05, 4.69) is 0 Å². The molecule has 1 heterocycles. The van der Waals surface area contributed by atoms with Gasteiger partial charge in [-0.1, -0.05) is 12.1 Å². The van der Waals surface area contributed by atoms with E-state index in [1.807, 2.05) is 24.3 Å². The molecular formula is C20H20O4P-. The Labute approximate surface area is 147 Å². The second-order valence-corrected chi connectivity index (χ2v) is 8.46. The van der Waals surface area contributed by atoms with Crippen molar-refractivity contribution in [1.29, 1.82) is 0 Å². The highest BCUT2D eigenvalue weighted by molar-refractivity contribution is 7.46. The second kappa shape index (κ2) is 5.62. The van der Waals surface area contributed by atoms with E-state index in [0.717, 1.165) is 49.7 Å². The van der Waals surface area contributed by atoms with E-state index in [0.29, 0.717) is 11.5 Å². The zero-order valence-electron chi connectivity index (χ0n) is 14.0. The van der Waals surface area contributed by atoms with Gasteiger partial charge in [0.05, 0.1) is 0 Å². The summed E-state index contributed by atoms with van der Waals surface area (Å²) in [5, 5.41) is 0. The Balaban J connectivity index is 1.86. The molecule has 0 bridgehead atoms. The van der Waals surface area contributed by atoms with Crippen molar-refractivity contribution >= 4 is 7.82 Å². The molecule has 5 rings (SSSR count). The number of hydrogen-bond acceptors (Lipinski definition) is 4. The minimum Gasteiger partial charge on any atom is -0.736 e. The topological polar surface area (TPSA) is 58.6 Å². The molecule has 5 heteroatoms. The number of benzene rings is 2. The summed E-state index contributed by atoms with van der Waals surface area (Å²) in [6, 6.07) is 7.66. The molecule has 4 nitrogen and oxygen atoms in total. The lowest BCUT2D eigenvalue weighted by Crippen LogP contribution is -2.12. The maximum atomic E-state index is 12.3. The summed E-state index contributed by atoms with van der Waals surface area (Å²) in [4.78, 5) is 12.3. The fraction of sp³-hybridized carbons (Fsp3) is 0.400. The number of rotatable bonds is 0. The number of phosphoric acid groups is 1. The number of phosphoric ester groups is 1. The zero-order chi connectivity index (χ0) is 17.0. The molecule has 0 N–H and O–H groups in total. The fourth-order valence-electron chi connectivity index (χ4n) is 4.57. The van der Waals surface area contributed by atoms with Gasteiger partial charge in [-0.05, 0) is 85.8 Å². The highest BCUT2D eigenvalue weighted by atomic mass is 31.2. The van der Waals surface area contributed by atoms with Crippen LogP contribution >= 0.6 is 7.82 Å². The Hall–Kier alpha value is -1.77. The fourth-order valence-corrected chi connectivity index (χ4v) is 5.40. The van der Waals surface area contributed by atoms with Crippen LogP contribution in [0, 0.1) is 0 Å². The average molecular weight is 355 g/mol. The molecule has 3 aliphatic rings. The Bertz CT molecular complexity index is 847. The van der Waals surface area contributed by atoms with Gasteiger partial charge < -0.3 is 13.9 Å². The van der Waals surface area contributed by atoms with Crippen LogP contribution in [0.25, 0.3) is 11.1 Å². The first kappa shape index (κ1) is 15.5. The summed E-state index contributed by atoms with van der Waals surface area (Å²) in [5.41, 5.74) is 7.04. The van der Waals surface area contributed by atoms with E-state index in [9.17, 15) is 9.46 Å². The molecule has 130 valence electrons. The smallest absolute Gasteiger partial charge is 0.372 e. The van der Waals surface area contributed by atoms with Gasteiger partial charge in [-0.15, -0.1) is 0 Å². The Kier molecular flexibility index (Phi) is 3.48. The van der Waals surface area contributed by atoms with Crippen molar-refractivity contribution in [2.45, 2.75) is 51.4 Å². The molecule has 0 amide bonds. The van der Waals surface area contributed by atoms with Gasteiger partial charge >= 0.3 is 7.82 Å². The highest BCUT2D eigenvalue weighted by Crippen LogP contribution is 2.55. The molecule has 0 saturated carbocycles. The van der Waals surface area contributed by atoms with E-state index >= 15 is 0 Å². The third-order valence-electron chi connectivity index (χ3n) is 5.66. The van der Waals surface area contributed by atoms with Gasteiger partial charge in [0, 0.05) is 11.1 Å². The predicted octanol–water partition coefficient (Wildman–Crippen LogP) is 4.35. The summed E-state index contributed by atoms with van der Waals surface area (Å²) >= 11 is 0. The van der Waals surface area contributed by atoms with E-state index in [4.69, 9.17) is 9.05 Å². The van der Waals surface area contributed by atoms with Crippen LogP contribution in [0.1, 0.15) is 47.9 Å². The van der Waals surface area contributed by atoms with Gasteiger partial charge in [0.2, 0.25) is 0 Å². The first-order valence-corrected chi connectivity index (χ1v) is 10.6. The number of aryl methyl sites for hydroxylation is 2. The van der Waals surface area contributed by atoms with Gasteiger partial charge in [0.1, 0.15) is 11.5 Å². The normalized spacial score (nSPS) is 20.0. The molecule has 0 radical (unpaired) electrons. The second-order valence-electron chi connectivity index (χ2n) is 7.20. The Morgan fingerprint density at radius 3 is 1.64 bits per heavy atom. The van der Waals surface area contributed by atoms with Crippen LogP contribution in [0.15, 0.2) is 24.3 Å². The number of fused-ring (bicyclic) bond motifs is 7. The quantitative estimate of drug-likeness (QED) is 0.659. The van der Waals surface area contributed by atoms with E-state index in [1.165, 1.54) is 35.1 Å². The molecule has 25 heavy (non-hydrogen) atoms.